The lowest BCUT2D eigenvalue weighted by atomic mass is 9.89. The zero-order valence-electron chi connectivity index (χ0n) is 51.4. The average Bonchev–Trinajstić information content (AvgIpc) is 4.25. The van der Waals surface area contributed by atoms with Gasteiger partial charge in [-0.2, -0.15) is 0 Å². The SMILES string of the molecule is CC[C@H](C)[C@@H]([C@@H](CC(=O)N1CCC[C@H]1[C@H](OC)[C@@H](C)C(=O)N[C@H](O)[C@@H](C)c1ccccc1)OC)N(C)C(=O)[C@@H](NC(=O)[C@H](C(C)C)N(C)C(=O)OCc1ccc(NC(=O)CNC(=O)[C@H](Cc2ccccc2)NC(=O)CNC(=O)CN)cc1)C(C)C. The standard InChI is InChI=1S/C62H92N10O13/c1-13-39(6)55(48(83-11)32-52(76)72-30-20-25-47(72)56(84-12)41(8)58(78)69-57(77)40(7)44-23-18-15-19-24-44)70(9)61(81)53(37(2)3)68-60(80)54(38(4)5)71(10)62(82)85-36-43-26-28-45(29-27-43)66-50(74)35-65-59(79)46(31-42-21-16-14-17-22-42)67-51(75)34-64-49(73)33-63/h14-19,21-24,26-29,37-41,46-48,53-57,77H,13,20,25,30-36,63H2,1-12H3,(H,64,73)(H,65,79)(H,66,74)(H,67,75)(H,68,80)(H,69,78)/t39-,40-,41+,46-,47-,48+,53-,54-,55-,56+,57+/m0/s1. The molecule has 23 heteroatoms. The first-order chi connectivity index (χ1) is 40.4. The van der Waals surface area contributed by atoms with E-state index in [0.717, 1.165) is 11.1 Å². The fourth-order valence-corrected chi connectivity index (χ4v) is 10.6. The lowest BCUT2D eigenvalue weighted by Gasteiger charge is -2.41. The summed E-state index contributed by atoms with van der Waals surface area (Å²) in [6, 6.07) is 20.5. The Hall–Kier alpha value is -7.47. The molecule has 11 atom stereocenters. The van der Waals surface area contributed by atoms with Crippen molar-refractivity contribution in [3.05, 3.63) is 102 Å². The number of nitrogens with two attached hydrogens (primary N) is 1. The molecule has 0 bridgehead atoms. The number of methoxy groups -OCH3 is 2. The summed E-state index contributed by atoms with van der Waals surface area (Å²) in [5.74, 6) is -6.08. The van der Waals surface area contributed by atoms with E-state index < -0.39 is 127 Å². The zero-order valence-corrected chi connectivity index (χ0v) is 51.4. The molecule has 0 aromatic heterocycles. The number of nitrogens with one attached hydrogen (secondary N) is 6. The molecule has 4 rings (SSSR count). The second-order valence-corrected chi connectivity index (χ2v) is 22.6. The third-order valence-corrected chi connectivity index (χ3v) is 15.8. The number of aliphatic hydroxyl groups excluding tert-OH is 1. The second kappa shape index (κ2) is 34.5. The van der Waals surface area contributed by atoms with Gasteiger partial charge in [-0.1, -0.05) is 135 Å². The molecule has 1 aliphatic rings. The number of anilines is 1. The molecule has 85 heavy (non-hydrogen) atoms. The molecule has 0 spiro atoms. The lowest BCUT2D eigenvalue weighted by molar-refractivity contribution is -0.148. The van der Waals surface area contributed by atoms with Crippen molar-refractivity contribution in [3.63, 3.8) is 0 Å². The molecular weight excluding hydrogens is 1090 g/mol. The molecule has 0 aliphatic carbocycles. The Morgan fingerprint density at radius 3 is 1.91 bits per heavy atom. The molecule has 3 aromatic rings. The third kappa shape index (κ3) is 20.6. The largest absolute Gasteiger partial charge is 0.445 e. The number of nitrogens with zero attached hydrogens (tertiary/aromatic N) is 3. The van der Waals surface area contributed by atoms with Gasteiger partial charge >= 0.3 is 6.09 Å². The van der Waals surface area contributed by atoms with Crippen LogP contribution in [0.25, 0.3) is 0 Å². The van der Waals surface area contributed by atoms with E-state index in [4.69, 9.17) is 19.9 Å². The Morgan fingerprint density at radius 1 is 0.706 bits per heavy atom. The summed E-state index contributed by atoms with van der Waals surface area (Å²) >= 11 is 0. The number of hydrogen-bond donors (Lipinski definition) is 8. The number of hydrogen-bond acceptors (Lipinski definition) is 14. The number of likely N-dealkylation sites (tertiary alicyclic amines) is 1. The van der Waals surface area contributed by atoms with Crippen LogP contribution >= 0.6 is 0 Å². The summed E-state index contributed by atoms with van der Waals surface area (Å²) in [4.78, 5) is 125. The second-order valence-electron chi connectivity index (χ2n) is 22.6. The summed E-state index contributed by atoms with van der Waals surface area (Å²) in [5.41, 5.74) is 7.85. The van der Waals surface area contributed by atoms with Crippen LogP contribution in [0.1, 0.15) is 104 Å². The van der Waals surface area contributed by atoms with E-state index in [1.165, 1.54) is 26.2 Å². The van der Waals surface area contributed by atoms with Crippen molar-refractivity contribution >= 4 is 59.0 Å². The maximum Gasteiger partial charge on any atom is 0.410 e. The fraction of sp³-hybridized carbons (Fsp3) is 0.565. The maximum absolute atomic E-state index is 14.7. The minimum atomic E-state index is -1.15. The Labute approximate surface area is 500 Å². The van der Waals surface area contributed by atoms with E-state index in [9.17, 15) is 48.3 Å². The Balaban J connectivity index is 1.36. The van der Waals surface area contributed by atoms with Crippen molar-refractivity contribution in [1.29, 1.82) is 0 Å². The van der Waals surface area contributed by atoms with Crippen LogP contribution in [0, 0.1) is 23.7 Å². The van der Waals surface area contributed by atoms with Crippen molar-refractivity contribution in [2.75, 3.05) is 59.8 Å². The molecule has 3 aromatic carbocycles. The van der Waals surface area contributed by atoms with E-state index in [2.05, 4.69) is 31.9 Å². The topological polar surface area (TPSA) is 309 Å². The first-order valence-corrected chi connectivity index (χ1v) is 29.2. The molecule has 0 saturated carbocycles. The normalized spacial score (nSPS) is 16.7. The first-order valence-electron chi connectivity index (χ1n) is 29.2. The number of likely N-dealkylation sites (N-methyl/N-ethyl adjacent to an activating group) is 2. The van der Waals surface area contributed by atoms with Gasteiger partial charge in [-0.25, -0.2) is 4.79 Å². The first kappa shape index (κ1) is 70.0. The molecule has 1 fully saturated rings. The van der Waals surface area contributed by atoms with Crippen LogP contribution in [0.4, 0.5) is 10.5 Å². The van der Waals surface area contributed by atoms with Crippen LogP contribution in [0.5, 0.6) is 0 Å². The Morgan fingerprint density at radius 2 is 1.33 bits per heavy atom. The minimum absolute atomic E-state index is 0.0874. The van der Waals surface area contributed by atoms with Gasteiger partial charge in [0.05, 0.1) is 56.3 Å². The molecule has 1 heterocycles. The summed E-state index contributed by atoms with van der Waals surface area (Å²) in [7, 11) is 6.08. The number of benzene rings is 3. The smallest absolute Gasteiger partial charge is 0.410 e. The quantitative estimate of drug-likeness (QED) is 0.0416. The molecule has 0 unspecified atom stereocenters. The average molecular weight is 1190 g/mol. The molecule has 468 valence electrons. The van der Waals surface area contributed by atoms with Crippen molar-refractivity contribution in [3.8, 4) is 0 Å². The maximum atomic E-state index is 14.7. The van der Waals surface area contributed by atoms with Crippen LogP contribution in [0.3, 0.4) is 0 Å². The number of ether oxygens (including phenoxy) is 3. The van der Waals surface area contributed by atoms with Gasteiger partial charge in [0, 0.05) is 52.9 Å². The third-order valence-electron chi connectivity index (χ3n) is 15.8. The molecule has 0 radical (unpaired) electrons. The fourth-order valence-electron chi connectivity index (χ4n) is 10.6. The predicted octanol–water partition coefficient (Wildman–Crippen LogP) is 3.44. The van der Waals surface area contributed by atoms with Gasteiger partial charge in [-0.3, -0.25) is 43.3 Å². The van der Waals surface area contributed by atoms with Gasteiger partial charge in [0.15, 0.2) is 0 Å². The van der Waals surface area contributed by atoms with E-state index >= 15 is 0 Å². The van der Waals surface area contributed by atoms with E-state index in [1.807, 2.05) is 51.1 Å². The number of aliphatic hydroxyl groups is 1. The van der Waals surface area contributed by atoms with E-state index in [0.29, 0.717) is 37.1 Å². The van der Waals surface area contributed by atoms with Gasteiger partial charge < -0.3 is 66.8 Å². The molecule has 9 N–H and O–H groups in total. The highest BCUT2D eigenvalue weighted by Gasteiger charge is 2.44. The van der Waals surface area contributed by atoms with Crippen LogP contribution in [0.15, 0.2) is 84.9 Å². The summed E-state index contributed by atoms with van der Waals surface area (Å²) in [6.07, 6.45) is -1.49. The molecule has 9 amide bonds. The van der Waals surface area contributed by atoms with Crippen molar-refractivity contribution in [2.45, 2.75) is 149 Å². The Bertz CT molecular complexity index is 2670. The summed E-state index contributed by atoms with van der Waals surface area (Å²) in [5, 5.41) is 26.8. The summed E-state index contributed by atoms with van der Waals surface area (Å²) < 4.78 is 17.6. The minimum Gasteiger partial charge on any atom is -0.445 e. The van der Waals surface area contributed by atoms with Crippen LogP contribution in [-0.4, -0.2) is 176 Å². The highest BCUT2D eigenvalue weighted by atomic mass is 16.6. The van der Waals surface area contributed by atoms with Gasteiger partial charge in [0.1, 0.15) is 31.0 Å². The highest BCUT2D eigenvalue weighted by Crippen LogP contribution is 2.30. The number of rotatable bonds is 32. The van der Waals surface area contributed by atoms with Crippen LogP contribution < -0.4 is 37.6 Å². The van der Waals surface area contributed by atoms with E-state index in [-0.39, 0.29) is 43.7 Å². The van der Waals surface area contributed by atoms with Gasteiger partial charge in [-0.15, -0.1) is 0 Å². The predicted molar refractivity (Wildman–Crippen MR) is 321 cm³/mol. The molecule has 1 aliphatic heterocycles. The number of amides is 9. The Kier molecular flexibility index (Phi) is 28.4. The summed E-state index contributed by atoms with van der Waals surface area (Å²) in [6.45, 7) is 13.8. The lowest BCUT2D eigenvalue weighted by Crippen LogP contribution is -2.60. The molecular formula is C62H92N10O13. The zero-order chi connectivity index (χ0) is 63.1. The van der Waals surface area contributed by atoms with Gasteiger partial charge in [-0.05, 0) is 59.4 Å². The van der Waals surface area contributed by atoms with Gasteiger partial charge in [0.25, 0.3) is 0 Å². The van der Waals surface area contributed by atoms with Crippen molar-refractivity contribution in [2.24, 2.45) is 29.4 Å². The van der Waals surface area contributed by atoms with Gasteiger partial charge in [0.2, 0.25) is 47.3 Å². The van der Waals surface area contributed by atoms with Crippen LogP contribution in [0.2, 0.25) is 0 Å². The number of carbonyl (C=O) groups excluding carboxylic acids is 9. The van der Waals surface area contributed by atoms with Crippen molar-refractivity contribution in [1.82, 2.24) is 41.3 Å². The van der Waals surface area contributed by atoms with Crippen molar-refractivity contribution < 1.29 is 62.5 Å². The highest BCUT2D eigenvalue weighted by molar-refractivity contribution is 5.96. The molecule has 23 nitrogen and oxygen atoms in total. The van der Waals surface area contributed by atoms with Crippen LogP contribution in [-0.2, 0) is 65.6 Å². The van der Waals surface area contributed by atoms with E-state index in [1.54, 1.807) is 106 Å². The number of carbonyl (C=O) groups is 9. The monoisotopic (exact) mass is 1180 g/mol. The molecule has 1 saturated heterocycles.